The van der Waals surface area contributed by atoms with Crippen molar-refractivity contribution in [1.29, 1.82) is 0 Å². The summed E-state index contributed by atoms with van der Waals surface area (Å²) in [5.74, 6) is -0.577. The highest BCUT2D eigenvalue weighted by Crippen LogP contribution is 2.27. The largest absolute Gasteiger partial charge is 0.391 e. The number of carbonyl (C=O) groups is 2. The normalized spacial score (nSPS) is 20.3. The van der Waals surface area contributed by atoms with E-state index in [4.69, 9.17) is 5.73 Å². The van der Waals surface area contributed by atoms with Crippen LogP contribution in [0.4, 0.5) is 0 Å². The van der Waals surface area contributed by atoms with Crippen LogP contribution in [0.2, 0.25) is 0 Å². The van der Waals surface area contributed by atoms with Gasteiger partial charge in [-0.1, -0.05) is 45.0 Å². The molecule has 4 N–H and O–H groups in total. The van der Waals surface area contributed by atoms with E-state index in [2.05, 4.69) is 10.3 Å². The Kier molecular flexibility index (Phi) is 6.59. The number of rotatable bonds is 5. The highest BCUT2D eigenvalue weighted by molar-refractivity contribution is 7.13. The minimum atomic E-state index is -0.735. The number of aryl methyl sites for hydroxylation is 1. The predicted octanol–water partition coefficient (Wildman–Crippen LogP) is 2.07. The van der Waals surface area contributed by atoms with Gasteiger partial charge in [-0.05, 0) is 23.5 Å². The molecular weight excluding hydrogens is 400 g/mol. The van der Waals surface area contributed by atoms with E-state index in [1.807, 2.05) is 57.5 Å². The van der Waals surface area contributed by atoms with Crippen molar-refractivity contribution in [3.63, 3.8) is 0 Å². The molecule has 1 fully saturated rings. The van der Waals surface area contributed by atoms with E-state index < -0.39 is 23.6 Å². The maximum absolute atomic E-state index is 12.8. The van der Waals surface area contributed by atoms with Crippen molar-refractivity contribution in [3.05, 3.63) is 41.0 Å². The number of aromatic nitrogens is 1. The molecule has 1 aromatic heterocycles. The molecule has 1 saturated heterocycles. The molecule has 7 nitrogen and oxygen atoms in total. The van der Waals surface area contributed by atoms with E-state index in [0.717, 1.165) is 21.7 Å². The van der Waals surface area contributed by atoms with Crippen LogP contribution in [0.15, 0.2) is 29.8 Å². The number of hydrogen-bond acceptors (Lipinski definition) is 6. The summed E-state index contributed by atoms with van der Waals surface area (Å²) in [7, 11) is 0. The molecule has 8 heteroatoms. The quantitative estimate of drug-likeness (QED) is 0.673. The summed E-state index contributed by atoms with van der Waals surface area (Å²) in [4.78, 5) is 32.4. The van der Waals surface area contributed by atoms with Crippen molar-refractivity contribution in [3.8, 4) is 10.4 Å². The lowest BCUT2D eigenvalue weighted by molar-refractivity contribution is -0.141. The van der Waals surface area contributed by atoms with Crippen LogP contribution in [0.5, 0.6) is 0 Å². The lowest BCUT2D eigenvalue weighted by Crippen LogP contribution is -2.54. The van der Waals surface area contributed by atoms with E-state index >= 15 is 0 Å². The van der Waals surface area contributed by atoms with Crippen LogP contribution in [0.1, 0.15) is 38.4 Å². The van der Waals surface area contributed by atoms with Crippen LogP contribution < -0.4 is 11.1 Å². The van der Waals surface area contributed by atoms with Gasteiger partial charge >= 0.3 is 0 Å². The van der Waals surface area contributed by atoms with Crippen LogP contribution in [0, 0.1) is 12.3 Å². The number of likely N-dealkylation sites (tertiary alicyclic amines) is 1. The Hall–Kier alpha value is -2.29. The number of benzene rings is 1. The fraction of sp³-hybridized carbons (Fsp3) is 0.500. The third kappa shape index (κ3) is 4.88. The topological polar surface area (TPSA) is 109 Å². The zero-order chi connectivity index (χ0) is 22.1. The fourth-order valence-electron chi connectivity index (χ4n) is 3.51. The molecule has 0 saturated carbocycles. The molecular formula is C22H30N4O3S. The lowest BCUT2D eigenvalue weighted by Gasteiger charge is -2.32. The molecule has 3 atom stereocenters. The third-order valence-corrected chi connectivity index (χ3v) is 6.47. The number of carbonyl (C=O) groups excluding carboxylic acids is 2. The Morgan fingerprint density at radius 3 is 2.57 bits per heavy atom. The monoisotopic (exact) mass is 430 g/mol. The van der Waals surface area contributed by atoms with Gasteiger partial charge in [-0.25, -0.2) is 4.98 Å². The molecule has 30 heavy (non-hydrogen) atoms. The first-order chi connectivity index (χ1) is 14.1. The van der Waals surface area contributed by atoms with Gasteiger partial charge in [-0.15, -0.1) is 11.3 Å². The first kappa shape index (κ1) is 22.4. The molecule has 1 aromatic carbocycles. The number of hydrogen-bond donors (Lipinski definition) is 3. The SMILES string of the molecule is Cc1ncsc1-c1ccc(CNC(=O)C2C[C@H](O)CN2C(=O)[C@@H](N)C(C)(C)C)cc1. The molecule has 0 radical (unpaired) electrons. The number of thiazole rings is 1. The smallest absolute Gasteiger partial charge is 0.243 e. The third-order valence-electron chi connectivity index (χ3n) is 5.49. The first-order valence-electron chi connectivity index (χ1n) is 10.1. The number of nitrogens with one attached hydrogen (secondary N) is 1. The van der Waals surface area contributed by atoms with Gasteiger partial charge in [0.15, 0.2) is 0 Å². The Balaban J connectivity index is 1.63. The Labute approximate surface area is 181 Å². The lowest BCUT2D eigenvalue weighted by atomic mass is 9.86. The summed E-state index contributed by atoms with van der Waals surface area (Å²) in [6.45, 7) is 8.11. The van der Waals surface area contributed by atoms with E-state index in [-0.39, 0.29) is 24.8 Å². The Morgan fingerprint density at radius 1 is 1.33 bits per heavy atom. The average molecular weight is 431 g/mol. The van der Waals surface area contributed by atoms with Gasteiger partial charge in [-0.2, -0.15) is 0 Å². The maximum Gasteiger partial charge on any atom is 0.243 e. The molecule has 0 bridgehead atoms. The Bertz CT molecular complexity index is 904. The molecule has 2 aromatic rings. The van der Waals surface area contributed by atoms with Crippen molar-refractivity contribution in [2.24, 2.45) is 11.1 Å². The summed E-state index contributed by atoms with van der Waals surface area (Å²) >= 11 is 1.60. The van der Waals surface area contributed by atoms with Crippen molar-refractivity contribution in [2.45, 2.75) is 58.8 Å². The second-order valence-corrected chi connectivity index (χ2v) is 9.78. The van der Waals surface area contributed by atoms with Crippen molar-refractivity contribution >= 4 is 23.2 Å². The highest BCUT2D eigenvalue weighted by Gasteiger charge is 2.42. The van der Waals surface area contributed by atoms with Gasteiger partial charge in [0.05, 0.1) is 28.2 Å². The molecule has 0 aliphatic carbocycles. The summed E-state index contributed by atoms with van der Waals surface area (Å²) in [5.41, 5.74) is 10.6. The number of aliphatic hydroxyl groups is 1. The average Bonchev–Trinajstić information content (AvgIpc) is 3.30. The van der Waals surface area contributed by atoms with E-state index in [9.17, 15) is 14.7 Å². The van der Waals surface area contributed by atoms with Gasteiger partial charge in [0.25, 0.3) is 0 Å². The second-order valence-electron chi connectivity index (χ2n) is 8.92. The maximum atomic E-state index is 12.8. The molecule has 2 heterocycles. The van der Waals surface area contributed by atoms with Crippen LogP contribution in [-0.2, 0) is 16.1 Å². The summed E-state index contributed by atoms with van der Waals surface area (Å²) in [5, 5.41) is 13.0. The summed E-state index contributed by atoms with van der Waals surface area (Å²) < 4.78 is 0. The van der Waals surface area contributed by atoms with Crippen LogP contribution in [0.25, 0.3) is 10.4 Å². The van der Waals surface area contributed by atoms with Crippen molar-refractivity contribution < 1.29 is 14.7 Å². The van der Waals surface area contributed by atoms with E-state index in [0.29, 0.717) is 6.54 Å². The van der Waals surface area contributed by atoms with Gasteiger partial charge < -0.3 is 21.1 Å². The molecule has 3 rings (SSSR count). The minimum absolute atomic E-state index is 0.129. The minimum Gasteiger partial charge on any atom is -0.391 e. The zero-order valence-corrected chi connectivity index (χ0v) is 18.7. The first-order valence-corrected chi connectivity index (χ1v) is 11.0. The molecule has 1 aliphatic rings. The van der Waals surface area contributed by atoms with E-state index in [1.165, 1.54) is 4.90 Å². The predicted molar refractivity (Wildman–Crippen MR) is 118 cm³/mol. The van der Waals surface area contributed by atoms with Crippen molar-refractivity contribution in [1.82, 2.24) is 15.2 Å². The fourth-order valence-corrected chi connectivity index (χ4v) is 4.33. The Morgan fingerprint density at radius 2 is 2.00 bits per heavy atom. The molecule has 2 amide bonds. The van der Waals surface area contributed by atoms with Gasteiger partial charge in [-0.3, -0.25) is 9.59 Å². The zero-order valence-electron chi connectivity index (χ0n) is 17.9. The number of nitrogens with two attached hydrogens (primary N) is 1. The summed E-state index contributed by atoms with van der Waals surface area (Å²) in [6.07, 6.45) is -0.503. The number of aliphatic hydroxyl groups excluding tert-OH is 1. The molecule has 0 spiro atoms. The number of β-amino-alcohol motifs (C(OH)–C–C–N with tert-alkyl or cyclic N) is 1. The van der Waals surface area contributed by atoms with Crippen LogP contribution in [0.3, 0.4) is 0 Å². The van der Waals surface area contributed by atoms with Gasteiger partial charge in [0, 0.05) is 19.5 Å². The van der Waals surface area contributed by atoms with Gasteiger partial charge in [0.1, 0.15) is 6.04 Å². The molecule has 1 aliphatic heterocycles. The van der Waals surface area contributed by atoms with E-state index in [1.54, 1.807) is 11.3 Å². The van der Waals surface area contributed by atoms with Gasteiger partial charge in [0.2, 0.25) is 11.8 Å². The summed E-state index contributed by atoms with van der Waals surface area (Å²) in [6, 6.07) is 6.52. The second kappa shape index (κ2) is 8.83. The van der Waals surface area contributed by atoms with Crippen LogP contribution >= 0.6 is 11.3 Å². The van der Waals surface area contributed by atoms with Crippen molar-refractivity contribution in [2.75, 3.05) is 6.54 Å². The molecule has 1 unspecified atom stereocenters. The highest BCUT2D eigenvalue weighted by atomic mass is 32.1. The standard InChI is InChI=1S/C22H30N4O3S/c1-13-18(30-12-25-13)15-7-5-14(6-8-15)10-24-20(28)17-9-16(27)11-26(17)21(29)19(23)22(2,3)4/h5-8,12,16-17,19,27H,9-11,23H2,1-4H3,(H,24,28)/t16-,17?,19+/m0/s1. The van der Waals surface area contributed by atoms with Crippen LogP contribution in [-0.4, -0.2) is 51.5 Å². The number of amides is 2. The number of nitrogens with zero attached hydrogens (tertiary/aromatic N) is 2. The molecule has 162 valence electrons.